The van der Waals surface area contributed by atoms with Crippen LogP contribution in [0.25, 0.3) is 27.8 Å². The molecule has 0 fully saturated rings. The van der Waals surface area contributed by atoms with Gasteiger partial charge in [-0.1, -0.05) is 36.4 Å². The van der Waals surface area contributed by atoms with Crippen molar-refractivity contribution >= 4 is 28.7 Å². The van der Waals surface area contributed by atoms with Crippen LogP contribution in [-0.2, 0) is 0 Å². The molecule has 0 aliphatic carbocycles. The molecular weight excluding hydrogens is 524 g/mol. The van der Waals surface area contributed by atoms with Crippen molar-refractivity contribution in [3.63, 3.8) is 0 Å². The number of amides is 1. The number of ether oxygens (including phenoxy) is 2. The first-order valence-electron chi connectivity index (χ1n) is 11.4. The lowest BCUT2D eigenvalue weighted by Crippen LogP contribution is -2.19. The van der Waals surface area contributed by atoms with E-state index in [-0.39, 0.29) is 28.8 Å². The average molecular weight is 545 g/mol. The maximum absolute atomic E-state index is 13.4. The summed E-state index contributed by atoms with van der Waals surface area (Å²) in [5, 5.41) is 20.9. The minimum absolute atomic E-state index is 0.0428. The Morgan fingerprint density at radius 3 is 2.44 bits per heavy atom. The molecule has 1 amide bonds. The first-order valence-corrected chi connectivity index (χ1v) is 12.3. The fourth-order valence-corrected chi connectivity index (χ4v) is 4.54. The number of nitrogens with zero attached hydrogens (tertiary/aromatic N) is 4. The van der Waals surface area contributed by atoms with Crippen molar-refractivity contribution in [3.8, 4) is 39.3 Å². The second-order valence-corrected chi connectivity index (χ2v) is 9.01. The number of nitro groups is 1. The summed E-state index contributed by atoms with van der Waals surface area (Å²) in [7, 11) is 2.69. The highest BCUT2D eigenvalue weighted by molar-refractivity contribution is 7.13. The van der Waals surface area contributed by atoms with Crippen LogP contribution in [-0.4, -0.2) is 44.8 Å². The second kappa shape index (κ2) is 10.6. The molecule has 12 nitrogen and oxygen atoms in total. The van der Waals surface area contributed by atoms with E-state index in [0.29, 0.717) is 17.0 Å². The molecule has 0 bridgehead atoms. The standard InChI is InChI=1S/C26H20N6O6S/c1-37-20-11-16(19(32(35)36)14-21(20)38-2)25(34)28-23-12-18(22-9-6-10-39-22)30-31(23)26-27-17(13-24(33)29-26)15-7-4-3-5-8-15/h3-14H,1-2H3,(H,28,34)(H,27,29,33). The Morgan fingerprint density at radius 2 is 1.77 bits per heavy atom. The molecule has 2 aromatic carbocycles. The minimum atomic E-state index is -0.803. The Labute approximate surface area is 224 Å². The molecule has 0 aliphatic heterocycles. The topological polar surface area (TPSA) is 154 Å². The van der Waals surface area contributed by atoms with Gasteiger partial charge in [0, 0.05) is 23.8 Å². The molecule has 13 heteroatoms. The lowest BCUT2D eigenvalue weighted by molar-refractivity contribution is -0.385. The van der Waals surface area contributed by atoms with E-state index in [1.54, 1.807) is 6.07 Å². The molecule has 39 heavy (non-hydrogen) atoms. The lowest BCUT2D eigenvalue weighted by atomic mass is 10.1. The average Bonchev–Trinajstić information content (AvgIpc) is 3.63. The maximum atomic E-state index is 13.4. The van der Waals surface area contributed by atoms with Crippen molar-refractivity contribution in [2.24, 2.45) is 0 Å². The van der Waals surface area contributed by atoms with Gasteiger partial charge in [0.15, 0.2) is 11.5 Å². The van der Waals surface area contributed by atoms with Crippen LogP contribution in [0.5, 0.6) is 11.5 Å². The first kappa shape index (κ1) is 25.4. The van der Waals surface area contributed by atoms with E-state index in [1.807, 2.05) is 47.8 Å². The summed E-state index contributed by atoms with van der Waals surface area (Å²) in [6, 6.07) is 18.1. The van der Waals surface area contributed by atoms with Crippen molar-refractivity contribution < 1.29 is 19.2 Å². The van der Waals surface area contributed by atoms with E-state index in [4.69, 9.17) is 9.47 Å². The van der Waals surface area contributed by atoms with Crippen LogP contribution in [0.3, 0.4) is 0 Å². The molecule has 0 unspecified atom stereocenters. The number of carbonyl (C=O) groups excluding carboxylic acids is 1. The van der Waals surface area contributed by atoms with Crippen molar-refractivity contribution in [2.45, 2.75) is 0 Å². The summed E-state index contributed by atoms with van der Waals surface area (Å²) >= 11 is 1.43. The van der Waals surface area contributed by atoms with Crippen LogP contribution < -0.4 is 20.3 Å². The third-order valence-electron chi connectivity index (χ3n) is 5.67. The Bertz CT molecular complexity index is 1730. The van der Waals surface area contributed by atoms with Gasteiger partial charge in [-0.15, -0.1) is 11.3 Å². The highest BCUT2D eigenvalue weighted by Gasteiger charge is 2.26. The third-order valence-corrected chi connectivity index (χ3v) is 6.56. The second-order valence-electron chi connectivity index (χ2n) is 8.06. The van der Waals surface area contributed by atoms with Gasteiger partial charge in [0.25, 0.3) is 17.2 Å². The van der Waals surface area contributed by atoms with Crippen LogP contribution in [0, 0.1) is 10.1 Å². The van der Waals surface area contributed by atoms with Crippen molar-refractivity contribution in [3.05, 3.63) is 98.1 Å². The van der Waals surface area contributed by atoms with Gasteiger partial charge in [-0.05, 0) is 11.4 Å². The van der Waals surface area contributed by atoms with Gasteiger partial charge in [-0.3, -0.25) is 24.7 Å². The molecule has 0 aliphatic rings. The maximum Gasteiger partial charge on any atom is 0.286 e. The summed E-state index contributed by atoms with van der Waals surface area (Å²) in [5.41, 5.74) is 0.432. The van der Waals surface area contributed by atoms with Crippen molar-refractivity contribution in [1.29, 1.82) is 0 Å². The summed E-state index contributed by atoms with van der Waals surface area (Å²) in [6.07, 6.45) is 0. The molecule has 5 aromatic rings. The molecule has 3 heterocycles. The number of carbonyl (C=O) groups is 1. The van der Waals surface area contributed by atoms with Crippen LogP contribution >= 0.6 is 11.3 Å². The number of hydrogen-bond acceptors (Lipinski definition) is 9. The Kier molecular flexibility index (Phi) is 6.89. The quantitative estimate of drug-likeness (QED) is 0.213. The summed E-state index contributed by atoms with van der Waals surface area (Å²) in [5.74, 6) is -0.391. The van der Waals surface area contributed by atoms with E-state index < -0.39 is 22.1 Å². The summed E-state index contributed by atoms with van der Waals surface area (Å²) < 4.78 is 11.6. The Hall–Kier alpha value is -5.30. The predicted molar refractivity (Wildman–Crippen MR) is 145 cm³/mol. The van der Waals surface area contributed by atoms with Gasteiger partial charge >= 0.3 is 0 Å². The van der Waals surface area contributed by atoms with Gasteiger partial charge in [0.1, 0.15) is 17.1 Å². The zero-order chi connectivity index (χ0) is 27.5. The van der Waals surface area contributed by atoms with Gasteiger partial charge in [0.05, 0.1) is 35.8 Å². The highest BCUT2D eigenvalue weighted by Crippen LogP contribution is 2.35. The van der Waals surface area contributed by atoms with Crippen LogP contribution in [0.15, 0.2) is 76.9 Å². The first-order chi connectivity index (χ1) is 18.9. The fourth-order valence-electron chi connectivity index (χ4n) is 3.86. The van der Waals surface area contributed by atoms with E-state index in [0.717, 1.165) is 10.9 Å². The number of anilines is 1. The molecular formula is C26H20N6O6S. The van der Waals surface area contributed by atoms with Crippen LogP contribution in [0.1, 0.15) is 10.4 Å². The number of methoxy groups -OCH3 is 2. The van der Waals surface area contributed by atoms with Gasteiger partial charge in [-0.2, -0.15) is 9.78 Å². The number of aromatic nitrogens is 4. The number of rotatable bonds is 8. The SMILES string of the molecule is COc1cc(C(=O)Nc2cc(-c3cccs3)nn2-c2nc(-c3ccccc3)cc(=O)[nH]2)c([N+](=O)[O-])cc1OC. The van der Waals surface area contributed by atoms with E-state index in [2.05, 4.69) is 20.4 Å². The third kappa shape index (κ3) is 5.10. The number of hydrogen-bond donors (Lipinski definition) is 2. The molecule has 0 spiro atoms. The predicted octanol–water partition coefficient (Wildman–Crippen LogP) is 4.53. The monoisotopic (exact) mass is 544 g/mol. The van der Waals surface area contributed by atoms with E-state index in [9.17, 15) is 19.7 Å². The fraction of sp³-hybridized carbons (Fsp3) is 0.0769. The zero-order valence-corrected chi connectivity index (χ0v) is 21.4. The van der Waals surface area contributed by atoms with Crippen molar-refractivity contribution in [2.75, 3.05) is 19.5 Å². The van der Waals surface area contributed by atoms with E-state index in [1.165, 1.54) is 42.4 Å². The highest BCUT2D eigenvalue weighted by atomic mass is 32.1. The van der Waals surface area contributed by atoms with Gasteiger partial charge < -0.3 is 14.8 Å². The van der Waals surface area contributed by atoms with Crippen LogP contribution in [0.2, 0.25) is 0 Å². The number of H-pyrrole nitrogens is 1. The molecule has 0 saturated heterocycles. The largest absolute Gasteiger partial charge is 0.493 e. The molecule has 5 rings (SSSR count). The number of benzene rings is 2. The lowest BCUT2D eigenvalue weighted by Gasteiger charge is -2.12. The number of nitrogens with one attached hydrogen (secondary N) is 2. The van der Waals surface area contributed by atoms with Gasteiger partial charge in [0.2, 0.25) is 5.95 Å². The van der Waals surface area contributed by atoms with Crippen molar-refractivity contribution in [1.82, 2.24) is 19.7 Å². The summed E-state index contributed by atoms with van der Waals surface area (Å²) in [4.78, 5) is 45.1. The smallest absolute Gasteiger partial charge is 0.286 e. The molecule has 0 saturated carbocycles. The Balaban J connectivity index is 1.62. The zero-order valence-electron chi connectivity index (χ0n) is 20.6. The minimum Gasteiger partial charge on any atom is -0.493 e. The molecule has 3 aromatic heterocycles. The molecule has 0 radical (unpaired) electrons. The number of aromatic amines is 1. The normalized spacial score (nSPS) is 10.7. The molecule has 2 N–H and O–H groups in total. The Morgan fingerprint density at radius 1 is 1.03 bits per heavy atom. The van der Waals surface area contributed by atoms with Crippen LogP contribution in [0.4, 0.5) is 11.5 Å². The number of nitro benzene ring substituents is 1. The molecule has 0 atom stereocenters. The van der Waals surface area contributed by atoms with E-state index >= 15 is 0 Å². The van der Waals surface area contributed by atoms with Gasteiger partial charge in [-0.25, -0.2) is 4.98 Å². The number of thiophene rings is 1. The summed E-state index contributed by atoms with van der Waals surface area (Å²) in [6.45, 7) is 0. The molecule has 196 valence electrons.